The van der Waals surface area contributed by atoms with E-state index in [1.165, 1.54) is 6.20 Å². The van der Waals surface area contributed by atoms with Gasteiger partial charge in [-0.15, -0.1) is 0 Å². The molecule has 9 heteroatoms. The van der Waals surface area contributed by atoms with Crippen LogP contribution >= 0.6 is 0 Å². The molecule has 1 saturated heterocycles. The molecule has 0 aliphatic carbocycles. The largest absolute Gasteiger partial charge is 0.406 e. The molecule has 0 N–H and O–H groups in total. The molecule has 2 heterocycles. The van der Waals surface area contributed by atoms with Crippen molar-refractivity contribution >= 4 is 5.91 Å². The van der Waals surface area contributed by atoms with Crippen LogP contribution in [0.15, 0.2) is 17.6 Å². The molecule has 6 nitrogen and oxygen atoms in total. The number of alkyl halides is 3. The summed E-state index contributed by atoms with van der Waals surface area (Å²) in [5.74, 6) is -0.409. The minimum atomic E-state index is -4.43. The number of nitroso groups, excluding NO2 is 1. The summed E-state index contributed by atoms with van der Waals surface area (Å²) in [6.07, 6.45) is -0.595. The van der Waals surface area contributed by atoms with Crippen LogP contribution in [0.3, 0.4) is 0 Å². The SMILES string of the molecule is O=NC(CC(=O)N1CCCC1)c1nccn1CC(F)(F)F. The van der Waals surface area contributed by atoms with Crippen LogP contribution in [0.4, 0.5) is 13.2 Å². The Labute approximate surface area is 118 Å². The topological polar surface area (TPSA) is 67.6 Å². The molecule has 0 radical (unpaired) electrons. The van der Waals surface area contributed by atoms with Crippen LogP contribution in [0.5, 0.6) is 0 Å². The molecule has 21 heavy (non-hydrogen) atoms. The van der Waals surface area contributed by atoms with Crippen molar-refractivity contribution in [3.63, 3.8) is 0 Å². The second-order valence-electron chi connectivity index (χ2n) is 4.94. The molecule has 2 rings (SSSR count). The molecule has 0 saturated carbocycles. The molecular weight excluding hydrogens is 289 g/mol. The van der Waals surface area contributed by atoms with Gasteiger partial charge < -0.3 is 9.47 Å². The number of halogens is 3. The number of likely N-dealkylation sites (tertiary alicyclic amines) is 1. The van der Waals surface area contributed by atoms with Crippen molar-refractivity contribution in [1.29, 1.82) is 0 Å². The Morgan fingerprint density at radius 3 is 2.62 bits per heavy atom. The number of imidazole rings is 1. The minimum absolute atomic E-state index is 0.130. The molecule has 1 unspecified atom stereocenters. The van der Waals surface area contributed by atoms with Gasteiger partial charge >= 0.3 is 6.18 Å². The highest BCUT2D eigenvalue weighted by Crippen LogP contribution is 2.25. The van der Waals surface area contributed by atoms with Gasteiger partial charge in [-0.2, -0.15) is 18.1 Å². The van der Waals surface area contributed by atoms with Crippen molar-refractivity contribution in [1.82, 2.24) is 14.5 Å². The smallest absolute Gasteiger partial charge is 0.343 e. The fourth-order valence-electron chi connectivity index (χ4n) is 2.38. The first kappa shape index (κ1) is 15.5. The van der Waals surface area contributed by atoms with Gasteiger partial charge in [0.05, 0.1) is 6.42 Å². The number of aromatic nitrogens is 2. The van der Waals surface area contributed by atoms with E-state index in [1.54, 1.807) is 4.90 Å². The second-order valence-corrected chi connectivity index (χ2v) is 4.94. The average Bonchev–Trinajstić information content (AvgIpc) is 3.04. The number of rotatable bonds is 5. The predicted octanol–water partition coefficient (Wildman–Crippen LogP) is 2.27. The van der Waals surface area contributed by atoms with Crippen LogP contribution in [-0.2, 0) is 11.3 Å². The van der Waals surface area contributed by atoms with E-state index >= 15 is 0 Å². The Morgan fingerprint density at radius 2 is 2.05 bits per heavy atom. The van der Waals surface area contributed by atoms with Crippen molar-refractivity contribution in [2.75, 3.05) is 13.1 Å². The summed E-state index contributed by atoms with van der Waals surface area (Å²) >= 11 is 0. The predicted molar refractivity (Wildman–Crippen MR) is 67.2 cm³/mol. The van der Waals surface area contributed by atoms with Crippen molar-refractivity contribution in [3.8, 4) is 0 Å². The quantitative estimate of drug-likeness (QED) is 0.784. The van der Waals surface area contributed by atoms with E-state index in [1.807, 2.05) is 0 Å². The molecular formula is C12H15F3N4O2. The number of carbonyl (C=O) groups excluding carboxylic acids is 1. The fourth-order valence-corrected chi connectivity index (χ4v) is 2.38. The van der Waals surface area contributed by atoms with Gasteiger partial charge in [-0.25, -0.2) is 4.98 Å². The fraction of sp³-hybridized carbons (Fsp3) is 0.667. The van der Waals surface area contributed by atoms with E-state index in [-0.39, 0.29) is 18.2 Å². The first-order chi connectivity index (χ1) is 9.90. The van der Waals surface area contributed by atoms with Crippen LogP contribution < -0.4 is 0 Å². The highest BCUT2D eigenvalue weighted by molar-refractivity contribution is 5.77. The highest BCUT2D eigenvalue weighted by atomic mass is 19.4. The molecule has 116 valence electrons. The zero-order valence-electron chi connectivity index (χ0n) is 11.2. The zero-order valence-corrected chi connectivity index (χ0v) is 11.2. The summed E-state index contributed by atoms with van der Waals surface area (Å²) in [4.78, 5) is 28.2. The number of hydrogen-bond donors (Lipinski definition) is 0. The van der Waals surface area contributed by atoms with Crippen LogP contribution in [0.25, 0.3) is 0 Å². The third-order valence-corrected chi connectivity index (χ3v) is 3.35. The van der Waals surface area contributed by atoms with E-state index in [2.05, 4.69) is 10.2 Å². The molecule has 0 spiro atoms. The summed E-state index contributed by atoms with van der Waals surface area (Å²) in [7, 11) is 0. The molecule has 1 aliphatic rings. The van der Waals surface area contributed by atoms with Gasteiger partial charge in [-0.3, -0.25) is 4.79 Å². The lowest BCUT2D eigenvalue weighted by Gasteiger charge is -2.18. The van der Waals surface area contributed by atoms with Gasteiger partial charge in [0.15, 0.2) is 6.04 Å². The molecule has 0 aromatic carbocycles. The van der Waals surface area contributed by atoms with E-state index in [0.717, 1.165) is 23.6 Å². The second kappa shape index (κ2) is 6.23. The Kier molecular flexibility index (Phi) is 4.59. The van der Waals surface area contributed by atoms with Crippen molar-refractivity contribution < 1.29 is 18.0 Å². The summed E-state index contributed by atoms with van der Waals surface area (Å²) in [6, 6.07) is -1.20. The van der Waals surface area contributed by atoms with Gasteiger partial charge in [-0.1, -0.05) is 5.18 Å². The summed E-state index contributed by atoms with van der Waals surface area (Å²) in [6.45, 7) is -0.0327. The van der Waals surface area contributed by atoms with Crippen LogP contribution in [0.1, 0.15) is 31.1 Å². The third kappa shape index (κ3) is 4.02. The van der Waals surface area contributed by atoms with Gasteiger partial charge in [0, 0.05) is 25.5 Å². The summed E-state index contributed by atoms with van der Waals surface area (Å²) < 4.78 is 38.1. The van der Waals surface area contributed by atoms with E-state index in [0.29, 0.717) is 13.1 Å². The molecule has 0 bridgehead atoms. The number of hydrogen-bond acceptors (Lipinski definition) is 4. The number of amides is 1. The lowest BCUT2D eigenvalue weighted by Crippen LogP contribution is -2.29. The molecule has 1 aromatic rings. The maximum absolute atomic E-state index is 12.4. The standard InChI is InChI=1S/C12H15F3N4O2/c13-12(14,15)8-19-6-3-16-11(19)9(17-21)7-10(20)18-4-1-2-5-18/h3,6,9H,1-2,4-5,7-8H2. The average molecular weight is 304 g/mol. The van der Waals surface area contributed by atoms with Gasteiger partial charge in [0.1, 0.15) is 12.4 Å². The Balaban J connectivity index is 2.08. The monoisotopic (exact) mass is 304 g/mol. The number of carbonyl (C=O) groups is 1. The number of nitrogens with zero attached hydrogens (tertiary/aromatic N) is 4. The Bertz CT molecular complexity index is 509. The lowest BCUT2D eigenvalue weighted by atomic mass is 10.2. The molecule has 1 atom stereocenters. The maximum atomic E-state index is 12.4. The van der Waals surface area contributed by atoms with Crippen molar-refractivity contribution in [3.05, 3.63) is 23.1 Å². The van der Waals surface area contributed by atoms with Gasteiger partial charge in [-0.05, 0) is 12.8 Å². The highest BCUT2D eigenvalue weighted by Gasteiger charge is 2.32. The van der Waals surface area contributed by atoms with Crippen molar-refractivity contribution in [2.45, 2.75) is 38.0 Å². The Morgan fingerprint density at radius 1 is 1.38 bits per heavy atom. The molecule has 1 aliphatic heterocycles. The first-order valence-corrected chi connectivity index (χ1v) is 6.59. The first-order valence-electron chi connectivity index (χ1n) is 6.59. The van der Waals surface area contributed by atoms with E-state index in [9.17, 15) is 22.9 Å². The van der Waals surface area contributed by atoms with Crippen LogP contribution in [0.2, 0.25) is 0 Å². The van der Waals surface area contributed by atoms with E-state index in [4.69, 9.17) is 0 Å². The van der Waals surface area contributed by atoms with Crippen molar-refractivity contribution in [2.24, 2.45) is 5.18 Å². The molecule has 1 aromatic heterocycles. The molecule has 1 fully saturated rings. The zero-order chi connectivity index (χ0) is 15.5. The van der Waals surface area contributed by atoms with Crippen LogP contribution in [0, 0.1) is 4.91 Å². The van der Waals surface area contributed by atoms with Gasteiger partial charge in [0.2, 0.25) is 5.91 Å². The van der Waals surface area contributed by atoms with Gasteiger partial charge in [0.25, 0.3) is 0 Å². The normalized spacial score (nSPS) is 17.0. The Hall–Kier alpha value is -1.93. The van der Waals surface area contributed by atoms with Crippen LogP contribution in [-0.4, -0.2) is 39.6 Å². The third-order valence-electron chi connectivity index (χ3n) is 3.35. The van der Waals surface area contributed by atoms with E-state index < -0.39 is 18.8 Å². The minimum Gasteiger partial charge on any atom is -0.343 e. The maximum Gasteiger partial charge on any atom is 0.406 e. The summed E-state index contributed by atoms with van der Waals surface area (Å²) in [5.41, 5.74) is 0. The lowest BCUT2D eigenvalue weighted by molar-refractivity contribution is -0.141. The molecule has 1 amide bonds. The summed E-state index contributed by atoms with van der Waals surface area (Å²) in [5, 5.41) is 2.78.